The van der Waals surface area contributed by atoms with E-state index in [0.717, 1.165) is 42.7 Å². The summed E-state index contributed by atoms with van der Waals surface area (Å²) in [5, 5.41) is 9.82. The van der Waals surface area contributed by atoms with Gasteiger partial charge in [0.15, 0.2) is 11.5 Å². The van der Waals surface area contributed by atoms with Gasteiger partial charge in [-0.3, -0.25) is 0 Å². The first-order chi connectivity index (χ1) is 11.2. The van der Waals surface area contributed by atoms with Crippen LogP contribution in [-0.2, 0) is 5.41 Å². The van der Waals surface area contributed by atoms with E-state index < -0.39 is 5.41 Å². The number of hydrogen-bond donors (Lipinski definition) is 1. The lowest BCUT2D eigenvalue weighted by molar-refractivity contribution is 0.200. The van der Waals surface area contributed by atoms with Gasteiger partial charge in [-0.05, 0) is 69.1 Å². The summed E-state index contributed by atoms with van der Waals surface area (Å²) in [4.78, 5) is 0. The first-order valence-electron chi connectivity index (χ1n) is 8.50. The molecule has 1 radical (unpaired) electrons. The molecule has 3 rings (SSSR count). The number of ether oxygens (including phenoxy) is 2. The summed E-state index contributed by atoms with van der Waals surface area (Å²) >= 11 is 0. The van der Waals surface area contributed by atoms with Crippen LogP contribution in [0, 0.1) is 17.8 Å². The van der Waals surface area contributed by atoms with Gasteiger partial charge < -0.3 is 15.2 Å². The molecule has 2 fully saturated rings. The van der Waals surface area contributed by atoms with E-state index in [1.165, 1.54) is 12.8 Å². The van der Waals surface area contributed by atoms with Crippen molar-refractivity contribution in [1.82, 2.24) is 0 Å². The van der Waals surface area contributed by atoms with Crippen LogP contribution >= 0.6 is 0 Å². The van der Waals surface area contributed by atoms with Crippen molar-refractivity contribution < 1.29 is 9.47 Å². The number of benzene rings is 1. The maximum absolute atomic E-state index is 9.82. The molecule has 0 amide bonds. The first kappa shape index (κ1) is 16.1. The minimum atomic E-state index is -0.544. The summed E-state index contributed by atoms with van der Waals surface area (Å²) in [5.41, 5.74) is 6.55. The molecule has 0 heterocycles. The fourth-order valence-corrected chi connectivity index (χ4v) is 3.80. The summed E-state index contributed by atoms with van der Waals surface area (Å²) in [6.07, 6.45) is 9.34. The van der Waals surface area contributed by atoms with Crippen molar-refractivity contribution in [2.75, 3.05) is 7.11 Å². The van der Waals surface area contributed by atoms with Crippen molar-refractivity contribution >= 4 is 0 Å². The highest BCUT2D eigenvalue weighted by atomic mass is 16.5. The molecule has 0 spiro atoms. The predicted octanol–water partition coefficient (Wildman–Crippen LogP) is 3.49. The fraction of sp³-hybridized carbons (Fsp3) is 0.579. The summed E-state index contributed by atoms with van der Waals surface area (Å²) in [7, 11) is 1.65. The lowest BCUT2D eigenvalue weighted by Gasteiger charge is -2.34. The number of nitrogens with two attached hydrogens (primary N) is 1. The third kappa shape index (κ3) is 3.30. The topological polar surface area (TPSA) is 68.3 Å². The molecular weight excluding hydrogens is 288 g/mol. The van der Waals surface area contributed by atoms with E-state index in [-0.39, 0.29) is 12.1 Å². The van der Waals surface area contributed by atoms with Gasteiger partial charge >= 0.3 is 0 Å². The molecule has 2 aliphatic rings. The van der Waals surface area contributed by atoms with Crippen molar-refractivity contribution in [3.05, 3.63) is 30.2 Å². The lowest BCUT2D eigenvalue weighted by Crippen LogP contribution is -2.38. The average Bonchev–Trinajstić information content (AvgIpc) is 3.07. The van der Waals surface area contributed by atoms with Gasteiger partial charge in [-0.25, -0.2) is 0 Å². The normalized spacial score (nSPS) is 28.3. The minimum Gasteiger partial charge on any atom is -0.493 e. The van der Waals surface area contributed by atoms with Crippen LogP contribution in [0.1, 0.15) is 50.5 Å². The van der Waals surface area contributed by atoms with E-state index in [1.807, 2.05) is 18.2 Å². The lowest BCUT2D eigenvalue weighted by atomic mass is 9.69. The molecule has 2 saturated carbocycles. The van der Waals surface area contributed by atoms with E-state index in [0.29, 0.717) is 6.42 Å². The Bertz CT molecular complexity index is 590. The van der Waals surface area contributed by atoms with Crippen LogP contribution in [0.25, 0.3) is 0 Å². The molecule has 2 atom stereocenters. The second-order valence-corrected chi connectivity index (χ2v) is 6.78. The summed E-state index contributed by atoms with van der Waals surface area (Å²) in [5.74, 6) is 1.49. The van der Waals surface area contributed by atoms with E-state index in [4.69, 9.17) is 15.2 Å². The van der Waals surface area contributed by atoms with Crippen LogP contribution in [0.5, 0.6) is 11.5 Å². The second kappa shape index (κ2) is 6.80. The van der Waals surface area contributed by atoms with E-state index in [2.05, 4.69) is 12.5 Å². The maximum Gasteiger partial charge on any atom is 0.161 e. The highest BCUT2D eigenvalue weighted by Gasteiger charge is 2.38. The van der Waals surface area contributed by atoms with Crippen molar-refractivity contribution in [2.24, 2.45) is 5.73 Å². The maximum atomic E-state index is 9.82. The highest BCUT2D eigenvalue weighted by Crippen LogP contribution is 2.42. The van der Waals surface area contributed by atoms with Crippen molar-refractivity contribution in [2.45, 2.75) is 62.5 Å². The van der Waals surface area contributed by atoms with Crippen LogP contribution in [-0.4, -0.2) is 19.3 Å². The fourth-order valence-electron chi connectivity index (χ4n) is 3.80. The molecule has 2 aliphatic carbocycles. The monoisotopic (exact) mass is 313 g/mol. The summed E-state index contributed by atoms with van der Waals surface area (Å²) in [6.45, 7) is 0. The number of nitriles is 1. The van der Waals surface area contributed by atoms with E-state index >= 15 is 0 Å². The average molecular weight is 313 g/mol. The predicted molar refractivity (Wildman–Crippen MR) is 89.3 cm³/mol. The Hall–Kier alpha value is -1.73. The van der Waals surface area contributed by atoms with E-state index in [1.54, 1.807) is 7.11 Å². The number of hydrogen-bond acceptors (Lipinski definition) is 4. The Morgan fingerprint density at radius 2 is 2.04 bits per heavy atom. The molecule has 0 saturated heterocycles. The van der Waals surface area contributed by atoms with Gasteiger partial charge in [-0.15, -0.1) is 0 Å². The minimum absolute atomic E-state index is 0.0460. The highest BCUT2D eigenvalue weighted by molar-refractivity contribution is 5.48. The molecular formula is C19H25N2O2. The van der Waals surface area contributed by atoms with Crippen molar-refractivity contribution in [1.29, 1.82) is 5.26 Å². The van der Waals surface area contributed by atoms with Gasteiger partial charge in [0.25, 0.3) is 0 Å². The molecule has 23 heavy (non-hydrogen) atoms. The zero-order valence-corrected chi connectivity index (χ0v) is 13.8. The third-order valence-electron chi connectivity index (χ3n) is 5.10. The number of methoxy groups -OCH3 is 1. The van der Waals surface area contributed by atoms with Gasteiger partial charge in [-0.2, -0.15) is 5.26 Å². The first-order valence-corrected chi connectivity index (χ1v) is 8.50. The summed E-state index contributed by atoms with van der Waals surface area (Å²) in [6, 6.07) is 8.45. The molecule has 0 aliphatic heterocycles. The van der Waals surface area contributed by atoms with Gasteiger partial charge in [0, 0.05) is 6.04 Å². The molecule has 2 N–H and O–H groups in total. The van der Waals surface area contributed by atoms with Gasteiger partial charge in [0.2, 0.25) is 0 Å². The third-order valence-corrected chi connectivity index (χ3v) is 5.10. The van der Waals surface area contributed by atoms with Crippen LogP contribution in [0.3, 0.4) is 0 Å². The van der Waals surface area contributed by atoms with Crippen molar-refractivity contribution in [3.8, 4) is 17.6 Å². The van der Waals surface area contributed by atoms with Crippen molar-refractivity contribution in [3.63, 3.8) is 0 Å². The zero-order chi connectivity index (χ0) is 16.3. The van der Waals surface area contributed by atoms with Gasteiger partial charge in [0.05, 0.1) is 24.7 Å². The standard InChI is InChI=1S/C19H25N2O2/c1-22-17-9-8-14(11-18(17)23-16-6-2-3-7-16)19(13-20)10-4-5-15(21)12-19/h4,8-9,11,15-16H,2-3,5-7,10,12,21H2,1H3. The Kier molecular flexibility index (Phi) is 4.77. The van der Waals surface area contributed by atoms with Crippen LogP contribution in [0.4, 0.5) is 0 Å². The number of rotatable bonds is 4. The second-order valence-electron chi connectivity index (χ2n) is 6.78. The molecule has 1 aromatic rings. The molecule has 1 aromatic carbocycles. The Labute approximate surface area is 138 Å². The molecule has 0 bridgehead atoms. The Balaban J connectivity index is 1.91. The van der Waals surface area contributed by atoms with Gasteiger partial charge in [0.1, 0.15) is 0 Å². The van der Waals surface area contributed by atoms with Crippen LogP contribution in [0.2, 0.25) is 0 Å². The summed E-state index contributed by atoms with van der Waals surface area (Å²) < 4.78 is 11.6. The molecule has 4 nitrogen and oxygen atoms in total. The molecule has 4 heteroatoms. The largest absolute Gasteiger partial charge is 0.493 e. The zero-order valence-electron chi connectivity index (χ0n) is 13.8. The Morgan fingerprint density at radius 3 is 2.70 bits per heavy atom. The molecule has 0 aromatic heterocycles. The van der Waals surface area contributed by atoms with Gasteiger partial charge in [-0.1, -0.05) is 6.07 Å². The SMILES string of the molecule is COc1ccc(C2(C#N)C[CH]CC(N)C2)cc1OC1CCCC1. The van der Waals surface area contributed by atoms with E-state index in [9.17, 15) is 5.26 Å². The molecule has 123 valence electrons. The quantitative estimate of drug-likeness (QED) is 0.924. The smallest absolute Gasteiger partial charge is 0.161 e. The van der Waals surface area contributed by atoms with Crippen LogP contribution in [0.15, 0.2) is 18.2 Å². The number of nitrogens with zero attached hydrogens (tertiary/aromatic N) is 1. The van der Waals surface area contributed by atoms with Crippen LogP contribution < -0.4 is 15.2 Å². The molecule has 2 unspecified atom stereocenters. The Morgan fingerprint density at radius 1 is 1.26 bits per heavy atom.